The Kier molecular flexibility index (Phi) is 3.96. The van der Waals surface area contributed by atoms with Crippen molar-refractivity contribution < 1.29 is 8.42 Å². The second-order valence-electron chi connectivity index (χ2n) is 6.23. The third-order valence-corrected chi connectivity index (χ3v) is 5.13. The zero-order valence-electron chi connectivity index (χ0n) is 11.8. The SMILES string of the molecule is CC(C)(C)n1cc(CNCC2CCS(=O)(=O)C2)nn1. The molecule has 1 atom stereocenters. The topological polar surface area (TPSA) is 76.9 Å². The average molecular weight is 286 g/mol. The molecule has 1 unspecified atom stereocenters. The molecule has 1 aromatic heterocycles. The van der Waals surface area contributed by atoms with Gasteiger partial charge in [0.05, 0.1) is 28.9 Å². The van der Waals surface area contributed by atoms with Gasteiger partial charge in [0.25, 0.3) is 0 Å². The Balaban J connectivity index is 1.79. The van der Waals surface area contributed by atoms with Crippen molar-refractivity contribution in [1.82, 2.24) is 20.3 Å². The van der Waals surface area contributed by atoms with Crippen LogP contribution in [0.3, 0.4) is 0 Å². The number of aromatic nitrogens is 3. The maximum atomic E-state index is 11.3. The van der Waals surface area contributed by atoms with Crippen LogP contribution < -0.4 is 5.32 Å². The van der Waals surface area contributed by atoms with Gasteiger partial charge in [-0.25, -0.2) is 13.1 Å². The number of nitrogens with zero attached hydrogens (tertiary/aromatic N) is 3. The van der Waals surface area contributed by atoms with E-state index in [-0.39, 0.29) is 11.5 Å². The van der Waals surface area contributed by atoms with E-state index in [1.807, 2.05) is 10.9 Å². The van der Waals surface area contributed by atoms with Gasteiger partial charge in [0.2, 0.25) is 0 Å². The van der Waals surface area contributed by atoms with Crippen molar-refractivity contribution in [1.29, 1.82) is 0 Å². The highest BCUT2D eigenvalue weighted by molar-refractivity contribution is 7.91. The van der Waals surface area contributed by atoms with Gasteiger partial charge in [0.15, 0.2) is 9.84 Å². The van der Waals surface area contributed by atoms with Crippen LogP contribution in [0.2, 0.25) is 0 Å². The number of hydrogen-bond donors (Lipinski definition) is 1. The zero-order valence-corrected chi connectivity index (χ0v) is 12.6. The fourth-order valence-corrected chi connectivity index (χ4v) is 4.01. The molecule has 0 radical (unpaired) electrons. The van der Waals surface area contributed by atoms with Gasteiger partial charge in [-0.05, 0) is 39.7 Å². The van der Waals surface area contributed by atoms with Crippen molar-refractivity contribution in [2.75, 3.05) is 18.1 Å². The lowest BCUT2D eigenvalue weighted by Gasteiger charge is -2.17. The molecule has 0 amide bonds. The molecule has 1 aromatic rings. The molecular formula is C12H22N4O2S. The molecule has 2 rings (SSSR count). The molecule has 6 nitrogen and oxygen atoms in total. The molecule has 0 spiro atoms. The van der Waals surface area contributed by atoms with Crippen molar-refractivity contribution in [3.8, 4) is 0 Å². The second kappa shape index (κ2) is 5.20. The summed E-state index contributed by atoms with van der Waals surface area (Å²) in [4.78, 5) is 0. The summed E-state index contributed by atoms with van der Waals surface area (Å²) >= 11 is 0. The van der Waals surface area contributed by atoms with Gasteiger partial charge in [0, 0.05) is 6.54 Å². The summed E-state index contributed by atoms with van der Waals surface area (Å²) in [5.41, 5.74) is 0.820. The third kappa shape index (κ3) is 4.01. The lowest BCUT2D eigenvalue weighted by atomic mass is 10.1. The van der Waals surface area contributed by atoms with Crippen molar-refractivity contribution in [3.05, 3.63) is 11.9 Å². The first-order valence-corrected chi connectivity index (χ1v) is 8.41. The minimum Gasteiger partial charge on any atom is -0.311 e. The normalized spacial score (nSPS) is 22.8. The Labute approximate surface area is 114 Å². The van der Waals surface area contributed by atoms with E-state index in [1.54, 1.807) is 0 Å². The molecule has 0 aliphatic carbocycles. The van der Waals surface area contributed by atoms with Crippen LogP contribution in [0.4, 0.5) is 0 Å². The zero-order chi connectivity index (χ0) is 14.1. The van der Waals surface area contributed by atoms with E-state index in [2.05, 4.69) is 36.4 Å². The quantitative estimate of drug-likeness (QED) is 0.875. The molecule has 1 aliphatic heterocycles. The van der Waals surface area contributed by atoms with E-state index in [1.165, 1.54) is 0 Å². The van der Waals surface area contributed by atoms with Gasteiger partial charge in [-0.1, -0.05) is 5.21 Å². The van der Waals surface area contributed by atoms with Crippen LogP contribution in [0, 0.1) is 5.92 Å². The smallest absolute Gasteiger partial charge is 0.150 e. The Morgan fingerprint density at radius 2 is 2.21 bits per heavy atom. The van der Waals surface area contributed by atoms with Crippen LogP contribution >= 0.6 is 0 Å². The van der Waals surface area contributed by atoms with Gasteiger partial charge in [-0.2, -0.15) is 0 Å². The molecule has 0 bridgehead atoms. The minimum absolute atomic E-state index is 0.0647. The van der Waals surface area contributed by atoms with Crippen molar-refractivity contribution in [2.45, 2.75) is 39.3 Å². The van der Waals surface area contributed by atoms with Gasteiger partial charge in [-0.15, -0.1) is 5.10 Å². The summed E-state index contributed by atoms with van der Waals surface area (Å²) in [7, 11) is -2.78. The molecule has 108 valence electrons. The molecule has 7 heteroatoms. The van der Waals surface area contributed by atoms with Gasteiger partial charge in [-0.3, -0.25) is 0 Å². The van der Waals surface area contributed by atoms with Crippen LogP contribution in [0.1, 0.15) is 32.9 Å². The Morgan fingerprint density at radius 1 is 1.47 bits per heavy atom. The molecule has 2 heterocycles. The summed E-state index contributed by atoms with van der Waals surface area (Å²) in [6.45, 7) is 7.57. The molecular weight excluding hydrogens is 264 g/mol. The monoisotopic (exact) mass is 286 g/mol. The Morgan fingerprint density at radius 3 is 2.74 bits per heavy atom. The van der Waals surface area contributed by atoms with E-state index < -0.39 is 9.84 Å². The maximum Gasteiger partial charge on any atom is 0.150 e. The van der Waals surface area contributed by atoms with Crippen LogP contribution in [0.15, 0.2) is 6.20 Å². The Bertz CT molecular complexity index is 530. The van der Waals surface area contributed by atoms with E-state index in [0.717, 1.165) is 18.7 Å². The highest BCUT2D eigenvalue weighted by Gasteiger charge is 2.27. The first-order chi connectivity index (χ1) is 8.76. The maximum absolute atomic E-state index is 11.3. The lowest BCUT2D eigenvalue weighted by Crippen LogP contribution is -2.24. The average Bonchev–Trinajstić information content (AvgIpc) is 2.85. The predicted molar refractivity (Wildman–Crippen MR) is 73.5 cm³/mol. The minimum atomic E-state index is -2.78. The van der Waals surface area contributed by atoms with E-state index in [0.29, 0.717) is 18.1 Å². The molecule has 1 aliphatic rings. The molecule has 1 fully saturated rings. The van der Waals surface area contributed by atoms with Crippen LogP contribution in [0.5, 0.6) is 0 Å². The molecule has 19 heavy (non-hydrogen) atoms. The molecule has 0 aromatic carbocycles. The summed E-state index contributed by atoms with van der Waals surface area (Å²) in [5, 5.41) is 11.5. The summed E-state index contributed by atoms with van der Waals surface area (Å²) in [6.07, 6.45) is 2.70. The highest BCUT2D eigenvalue weighted by Crippen LogP contribution is 2.17. The predicted octanol–water partition coefficient (Wildman–Crippen LogP) is 0.557. The number of nitrogens with one attached hydrogen (secondary N) is 1. The molecule has 0 saturated carbocycles. The molecule has 1 N–H and O–H groups in total. The number of hydrogen-bond acceptors (Lipinski definition) is 5. The van der Waals surface area contributed by atoms with Gasteiger partial charge < -0.3 is 5.32 Å². The van der Waals surface area contributed by atoms with Crippen molar-refractivity contribution >= 4 is 9.84 Å². The summed E-state index contributed by atoms with van der Waals surface area (Å²) in [6, 6.07) is 0. The second-order valence-corrected chi connectivity index (χ2v) is 8.45. The van der Waals surface area contributed by atoms with Gasteiger partial charge in [0.1, 0.15) is 0 Å². The first kappa shape index (κ1) is 14.5. The Hall–Kier alpha value is -0.950. The van der Waals surface area contributed by atoms with Crippen molar-refractivity contribution in [2.24, 2.45) is 5.92 Å². The lowest BCUT2D eigenvalue weighted by molar-refractivity contribution is 0.347. The van der Waals surface area contributed by atoms with Gasteiger partial charge >= 0.3 is 0 Å². The van der Waals surface area contributed by atoms with E-state index in [4.69, 9.17) is 0 Å². The fourth-order valence-electron chi connectivity index (χ4n) is 2.14. The van der Waals surface area contributed by atoms with Crippen LogP contribution in [0.25, 0.3) is 0 Å². The third-order valence-electron chi connectivity index (χ3n) is 3.29. The molecule has 1 saturated heterocycles. The largest absolute Gasteiger partial charge is 0.311 e. The highest BCUT2D eigenvalue weighted by atomic mass is 32.2. The number of rotatable bonds is 4. The summed E-state index contributed by atoms with van der Waals surface area (Å²) in [5.74, 6) is 0.886. The van der Waals surface area contributed by atoms with Crippen LogP contribution in [-0.4, -0.2) is 41.5 Å². The number of sulfone groups is 1. The summed E-state index contributed by atoms with van der Waals surface area (Å²) < 4.78 is 24.5. The van der Waals surface area contributed by atoms with Crippen LogP contribution in [-0.2, 0) is 21.9 Å². The standard InChI is InChI=1S/C12H22N4O2S/c1-12(2,3)16-8-11(14-15-16)7-13-6-10-4-5-19(17,18)9-10/h8,10,13H,4-7,9H2,1-3H3. The van der Waals surface area contributed by atoms with E-state index in [9.17, 15) is 8.42 Å². The van der Waals surface area contributed by atoms with Crippen molar-refractivity contribution in [3.63, 3.8) is 0 Å². The fraction of sp³-hybridized carbons (Fsp3) is 0.833. The van der Waals surface area contributed by atoms with E-state index >= 15 is 0 Å². The first-order valence-electron chi connectivity index (χ1n) is 6.59.